The van der Waals surface area contributed by atoms with Crippen molar-refractivity contribution in [3.8, 4) is 11.5 Å². The second kappa shape index (κ2) is 13.3. The van der Waals surface area contributed by atoms with Crippen molar-refractivity contribution in [1.29, 1.82) is 0 Å². The number of nitrogens with zero attached hydrogens (tertiary/aromatic N) is 3. The van der Waals surface area contributed by atoms with Crippen molar-refractivity contribution in [3.63, 3.8) is 0 Å². The summed E-state index contributed by atoms with van der Waals surface area (Å²) in [7, 11) is 0. The van der Waals surface area contributed by atoms with Gasteiger partial charge in [0.1, 0.15) is 5.52 Å². The van der Waals surface area contributed by atoms with E-state index < -0.39 is 0 Å². The molecule has 4 nitrogen and oxygen atoms in total. The first-order chi connectivity index (χ1) is 27.8. The van der Waals surface area contributed by atoms with E-state index >= 15 is 0 Å². The molecule has 0 unspecified atom stereocenters. The first kappa shape index (κ1) is 32.2. The summed E-state index contributed by atoms with van der Waals surface area (Å²) in [5.41, 5.74) is 8.65. The van der Waals surface area contributed by atoms with Crippen LogP contribution in [-0.4, -0.2) is 4.98 Å². The van der Waals surface area contributed by atoms with Crippen LogP contribution in [0.25, 0.3) is 64.3 Å². The smallest absolute Gasteiger partial charge is 0.227 e. The van der Waals surface area contributed by atoms with Gasteiger partial charge in [-0.1, -0.05) is 127 Å². The molecule has 56 heavy (non-hydrogen) atoms. The Hall–Kier alpha value is -7.21. The first-order valence-electron chi connectivity index (χ1n) is 18.8. The van der Waals surface area contributed by atoms with Crippen molar-refractivity contribution in [1.82, 2.24) is 4.98 Å². The molecule has 0 aliphatic heterocycles. The Morgan fingerprint density at radius 1 is 0.429 bits per heavy atom. The Bertz CT molecular complexity index is 3210. The third-order valence-electron chi connectivity index (χ3n) is 10.6. The number of anilines is 6. The van der Waals surface area contributed by atoms with E-state index in [0.717, 1.165) is 61.6 Å². The maximum absolute atomic E-state index is 7.04. The monoisotopic (exact) mass is 735 g/mol. The highest BCUT2D eigenvalue weighted by atomic mass is 32.1. The third kappa shape index (κ3) is 5.32. The van der Waals surface area contributed by atoms with Crippen LogP contribution in [0.15, 0.2) is 205 Å². The molecule has 2 aromatic heterocycles. The fraction of sp³-hybridized carbons (Fsp3) is 0. The van der Waals surface area contributed by atoms with Crippen molar-refractivity contribution in [3.05, 3.63) is 200 Å². The van der Waals surface area contributed by atoms with Gasteiger partial charge in [0.25, 0.3) is 0 Å². The number of thiophene rings is 1. The molecule has 0 fully saturated rings. The fourth-order valence-corrected chi connectivity index (χ4v) is 9.28. The van der Waals surface area contributed by atoms with E-state index in [9.17, 15) is 0 Å². The Morgan fingerprint density at radius 2 is 1.05 bits per heavy atom. The maximum Gasteiger partial charge on any atom is 0.227 e. The molecular weight excluding hydrogens is 703 g/mol. The molecule has 0 saturated carbocycles. The summed E-state index contributed by atoms with van der Waals surface area (Å²) in [5, 5.41) is 6.92. The zero-order valence-corrected chi connectivity index (χ0v) is 31.0. The van der Waals surface area contributed by atoms with Crippen molar-refractivity contribution < 1.29 is 4.42 Å². The zero-order valence-electron chi connectivity index (χ0n) is 30.2. The minimum Gasteiger partial charge on any atom is -0.435 e. The van der Waals surface area contributed by atoms with E-state index in [0.29, 0.717) is 5.89 Å². The predicted molar refractivity (Wildman–Crippen MR) is 237 cm³/mol. The highest BCUT2D eigenvalue weighted by Crippen LogP contribution is 2.50. The molecule has 0 radical (unpaired) electrons. The fourth-order valence-electron chi connectivity index (χ4n) is 8.08. The van der Waals surface area contributed by atoms with Gasteiger partial charge in [0.05, 0.1) is 27.1 Å². The van der Waals surface area contributed by atoms with Crippen LogP contribution in [0.3, 0.4) is 0 Å². The lowest BCUT2D eigenvalue weighted by atomic mass is 10.0. The highest BCUT2D eigenvalue weighted by Gasteiger charge is 2.26. The lowest BCUT2D eigenvalue weighted by Crippen LogP contribution is -2.12. The molecule has 0 atom stereocenters. The molecule has 0 saturated heterocycles. The molecular formula is C51H33N3OS. The van der Waals surface area contributed by atoms with Gasteiger partial charge in [0.15, 0.2) is 5.58 Å². The zero-order chi connectivity index (χ0) is 37.0. The molecule has 5 heteroatoms. The van der Waals surface area contributed by atoms with E-state index in [-0.39, 0.29) is 0 Å². The Balaban J connectivity index is 1.23. The van der Waals surface area contributed by atoms with Crippen LogP contribution in [0.5, 0.6) is 0 Å². The summed E-state index contributed by atoms with van der Waals surface area (Å²) >= 11 is 1.83. The first-order valence-corrected chi connectivity index (χ1v) is 19.6. The number of aromatic nitrogens is 1. The molecule has 0 aliphatic carbocycles. The van der Waals surface area contributed by atoms with Crippen LogP contribution in [0.1, 0.15) is 0 Å². The number of benzene rings is 9. The van der Waals surface area contributed by atoms with Crippen LogP contribution in [0.2, 0.25) is 0 Å². The normalized spacial score (nSPS) is 11.6. The average Bonchev–Trinajstić information content (AvgIpc) is 3.89. The van der Waals surface area contributed by atoms with E-state index in [2.05, 4.69) is 192 Å². The standard InChI is InChI=1S/C51H33N3OS/c1-4-17-35(18-5-1)51-52-48-45(53(38-21-6-2-7-22-38)40-31-30-34-16-10-11-19-36(34)32-40)33-37-20-14-27-43(47(37)49(48)55-51)54(39-23-8-3-9-24-39)44-28-15-26-42-41-25-12-13-29-46(41)56-50(42)44/h1-33H. The van der Waals surface area contributed by atoms with Crippen LogP contribution in [0, 0.1) is 0 Å². The Labute approximate surface area is 327 Å². The SMILES string of the molecule is c1ccc(-c2nc3c(N(c4ccccc4)c4ccc5ccccc5c4)cc4cccc(N(c5ccccc5)c5cccc6c5sc5ccccc56)c4c3o2)cc1. The molecule has 0 amide bonds. The third-order valence-corrected chi connectivity index (χ3v) is 11.8. The molecule has 264 valence electrons. The van der Waals surface area contributed by atoms with Gasteiger partial charge in [-0.15, -0.1) is 11.3 Å². The van der Waals surface area contributed by atoms with Crippen molar-refractivity contribution in [2.24, 2.45) is 0 Å². The maximum atomic E-state index is 7.04. The molecule has 11 rings (SSSR count). The van der Waals surface area contributed by atoms with Gasteiger partial charge in [-0.25, -0.2) is 4.98 Å². The second-order valence-corrected chi connectivity index (χ2v) is 15.0. The van der Waals surface area contributed by atoms with Crippen LogP contribution >= 0.6 is 11.3 Å². The van der Waals surface area contributed by atoms with Gasteiger partial charge in [-0.3, -0.25) is 0 Å². The number of oxazole rings is 1. The minimum atomic E-state index is 0.577. The van der Waals surface area contributed by atoms with Gasteiger partial charge >= 0.3 is 0 Å². The molecule has 2 heterocycles. The summed E-state index contributed by atoms with van der Waals surface area (Å²) in [6, 6.07) is 70.7. The minimum absolute atomic E-state index is 0.577. The van der Waals surface area contributed by atoms with Crippen molar-refractivity contribution in [2.45, 2.75) is 0 Å². The summed E-state index contributed by atoms with van der Waals surface area (Å²) in [4.78, 5) is 10.1. The Morgan fingerprint density at radius 3 is 1.86 bits per heavy atom. The number of hydrogen-bond acceptors (Lipinski definition) is 5. The van der Waals surface area contributed by atoms with Crippen LogP contribution in [0.4, 0.5) is 34.1 Å². The topological polar surface area (TPSA) is 32.5 Å². The average molecular weight is 736 g/mol. The largest absolute Gasteiger partial charge is 0.435 e. The summed E-state index contributed by atoms with van der Waals surface area (Å²) in [6.45, 7) is 0. The number of hydrogen-bond donors (Lipinski definition) is 0. The van der Waals surface area contributed by atoms with Crippen LogP contribution < -0.4 is 9.80 Å². The van der Waals surface area contributed by atoms with Gasteiger partial charge < -0.3 is 14.2 Å². The highest BCUT2D eigenvalue weighted by molar-refractivity contribution is 7.26. The van der Waals surface area contributed by atoms with E-state index in [4.69, 9.17) is 9.40 Å². The van der Waals surface area contributed by atoms with Gasteiger partial charge in [0.2, 0.25) is 5.89 Å². The van der Waals surface area contributed by atoms with Gasteiger partial charge in [-0.05, 0) is 89.0 Å². The van der Waals surface area contributed by atoms with Crippen molar-refractivity contribution in [2.75, 3.05) is 9.80 Å². The van der Waals surface area contributed by atoms with E-state index in [1.807, 2.05) is 29.5 Å². The number of para-hydroxylation sites is 2. The predicted octanol–water partition coefficient (Wildman–Crippen LogP) is 15.1. The molecule has 11 aromatic rings. The molecule has 0 bridgehead atoms. The lowest BCUT2D eigenvalue weighted by molar-refractivity contribution is 0.623. The summed E-state index contributed by atoms with van der Waals surface area (Å²) in [5.74, 6) is 0.577. The second-order valence-electron chi connectivity index (χ2n) is 14.0. The Kier molecular flexibility index (Phi) is 7.64. The van der Waals surface area contributed by atoms with Crippen molar-refractivity contribution >= 4 is 98.3 Å². The van der Waals surface area contributed by atoms with Gasteiger partial charge in [0, 0.05) is 38.1 Å². The summed E-state index contributed by atoms with van der Waals surface area (Å²) < 4.78 is 9.54. The number of rotatable bonds is 7. The number of fused-ring (bicyclic) bond motifs is 7. The molecule has 0 spiro atoms. The quantitative estimate of drug-likeness (QED) is 0.163. The molecule has 0 N–H and O–H groups in total. The molecule has 9 aromatic carbocycles. The van der Waals surface area contributed by atoms with Crippen LogP contribution in [-0.2, 0) is 0 Å². The summed E-state index contributed by atoms with van der Waals surface area (Å²) in [6.07, 6.45) is 0. The lowest BCUT2D eigenvalue weighted by Gasteiger charge is -2.29. The van der Waals surface area contributed by atoms with Gasteiger partial charge in [-0.2, -0.15) is 0 Å². The van der Waals surface area contributed by atoms with E-state index in [1.54, 1.807) is 0 Å². The van der Waals surface area contributed by atoms with E-state index in [1.165, 1.54) is 30.9 Å². The molecule has 0 aliphatic rings.